The molecule has 0 radical (unpaired) electrons. The Bertz CT molecular complexity index is 2130. The van der Waals surface area contributed by atoms with Crippen molar-refractivity contribution in [1.82, 2.24) is 0 Å². The van der Waals surface area contributed by atoms with E-state index in [1.165, 1.54) is 0 Å². The minimum atomic E-state index is -4.85. The topological polar surface area (TPSA) is 111 Å². The van der Waals surface area contributed by atoms with E-state index in [2.05, 4.69) is 19.6 Å². The van der Waals surface area contributed by atoms with Crippen molar-refractivity contribution in [1.29, 1.82) is 0 Å². The number of ether oxygens (including phenoxy) is 6. The number of halogens is 9. The van der Waals surface area contributed by atoms with E-state index in [-0.39, 0.29) is 63.6 Å². The molecule has 9 saturated heterocycles. The number of thioether (sulfide) groups is 1. The Hall–Kier alpha value is -1.67. The van der Waals surface area contributed by atoms with E-state index in [4.69, 9.17) is 57.7 Å². The van der Waals surface area contributed by atoms with Crippen molar-refractivity contribution in [3.05, 3.63) is 34.0 Å². The van der Waals surface area contributed by atoms with Gasteiger partial charge in [0.15, 0.2) is 16.8 Å². The largest absolute Gasteiger partial charge is 0.456 e. The molecular weight excluding hydrogens is 1000 g/mol. The van der Waals surface area contributed by atoms with E-state index in [0.717, 1.165) is 24.6 Å². The molecule has 3 aliphatic carbocycles. The fraction of sp³-hybridized carbons (Fsp3) is 0.875. The number of alkyl halides is 9. The van der Waals surface area contributed by atoms with Crippen molar-refractivity contribution in [2.24, 2.45) is 53.3 Å². The van der Waals surface area contributed by atoms with Gasteiger partial charge in [-0.3, -0.25) is 0 Å². The second-order valence-corrected chi connectivity index (χ2v) is 23.9. The van der Waals surface area contributed by atoms with Crippen LogP contribution < -0.4 is 0 Å². The molecule has 3 unspecified atom stereocenters. The minimum absolute atomic E-state index is 0.0234. The van der Waals surface area contributed by atoms with Crippen LogP contribution in [-0.4, -0.2) is 88.8 Å². The summed E-state index contributed by atoms with van der Waals surface area (Å²) in [5.41, 5.74) is -3.58. The van der Waals surface area contributed by atoms with E-state index in [1.54, 1.807) is 20.8 Å². The van der Waals surface area contributed by atoms with Gasteiger partial charge in [0.25, 0.3) is 0 Å². The zero-order chi connectivity index (χ0) is 50.7. The number of hydrogen-bond acceptors (Lipinski definition) is 14. The van der Waals surface area contributed by atoms with E-state index in [1.807, 2.05) is 13.8 Å². The standard InChI is InChI=1S/C32H40F6O8S.C16H21F3O4S/c1-15-5-7-21-17(23(31(33,34)35)39-25-29(21)19(15)9-11-27(3,41-25)43-45-29)13-47-14-18-22-8-6-16(2)20-10-12-28(4)42-26(30(20,22)46-44-28)40-24(18)32(36,37)38;1-8-3-4-11-9(7-24)12(16(17,18)19)20-13-15(11)10(8)5-6-14(2,21-13)22-23-15/h15-16,19-22,25-26H,5-14H2,1-4H3;8,10-11,13,24H,3-7H2,1-2H3/t15-,16-,19?,20?,21+,22+,25-,26-,27-,28-,29-,30-;8-,10?,11+,13-,14-,15-/m11/s1. The molecule has 0 amide bonds. The molecule has 15 rings (SSSR count). The van der Waals surface area contributed by atoms with Crippen LogP contribution in [0.1, 0.15) is 119 Å². The van der Waals surface area contributed by atoms with Crippen molar-refractivity contribution >= 4 is 24.4 Å². The molecule has 12 fully saturated rings. The monoisotopic (exact) mass is 1060 g/mol. The van der Waals surface area contributed by atoms with Crippen LogP contribution in [0.15, 0.2) is 34.0 Å². The summed E-state index contributed by atoms with van der Waals surface area (Å²) in [7, 11) is 0. The third kappa shape index (κ3) is 7.88. The van der Waals surface area contributed by atoms with E-state index in [0.29, 0.717) is 70.1 Å². The van der Waals surface area contributed by atoms with E-state index in [9.17, 15) is 39.5 Å². The third-order valence-corrected chi connectivity index (χ3v) is 19.8. The molecular formula is C48H61F9O12S2. The first-order valence-corrected chi connectivity index (χ1v) is 26.7. The average molecular weight is 1070 g/mol. The highest BCUT2D eigenvalue weighted by atomic mass is 32.2. The SMILES string of the molecule is C[C@@H]1CC[C@H]2C(CS)=C(C(F)(F)F)O[C@@H]3O[C@@]4(C)CCC1[C@]32OO4.C[C@@H]1CC[C@H]2C(CSCC3=C(C(F)(F)F)O[C@@H]4O[C@@]5(C)CCC6[C@H](C)CC[C@@H]3[C@]64OO5)=C(C(F)(F)F)O[C@@H]3O[C@@]4(C)CCC1[C@]32OO4. The smallest absolute Gasteiger partial charge is 0.449 e. The minimum Gasteiger partial charge on any atom is -0.456 e. The number of allylic oxidation sites excluding steroid dienone is 3. The van der Waals surface area contributed by atoms with Crippen molar-refractivity contribution in [2.75, 3.05) is 17.3 Å². The van der Waals surface area contributed by atoms with Gasteiger partial charge in [-0.1, -0.05) is 20.8 Å². The van der Waals surface area contributed by atoms with Crippen LogP contribution in [0, 0.1) is 53.3 Å². The number of thiol groups is 1. The lowest BCUT2D eigenvalue weighted by atomic mass is 9.59. The molecule has 15 aliphatic rings. The van der Waals surface area contributed by atoms with Crippen LogP contribution in [0.2, 0.25) is 0 Å². The van der Waals surface area contributed by atoms with Crippen LogP contribution in [0.3, 0.4) is 0 Å². The van der Waals surface area contributed by atoms with Gasteiger partial charge in [0.1, 0.15) is 0 Å². The zero-order valence-electron chi connectivity index (χ0n) is 40.2. The predicted molar refractivity (Wildman–Crippen MR) is 232 cm³/mol. The summed E-state index contributed by atoms with van der Waals surface area (Å²) in [6.45, 7) is 11.1. The summed E-state index contributed by atoms with van der Waals surface area (Å²) in [5, 5.41) is 0. The predicted octanol–water partition coefficient (Wildman–Crippen LogP) is 11.8. The average Bonchev–Trinajstić information content (AvgIpc) is 3.78. The summed E-state index contributed by atoms with van der Waals surface area (Å²) in [5.74, 6) is -9.21. The Morgan fingerprint density at radius 2 is 0.746 bits per heavy atom. The molecule has 18 atom stereocenters. The Kier molecular flexibility index (Phi) is 12.4. The van der Waals surface area contributed by atoms with E-state index < -0.39 is 107 Å². The first-order chi connectivity index (χ1) is 33.2. The fourth-order valence-corrected chi connectivity index (χ4v) is 16.6. The second kappa shape index (κ2) is 17.2. The van der Waals surface area contributed by atoms with Crippen molar-refractivity contribution < 1.29 is 97.3 Å². The Labute approximate surface area is 415 Å². The quantitative estimate of drug-likeness (QED) is 0.160. The van der Waals surface area contributed by atoms with Gasteiger partial charge >= 0.3 is 18.5 Å². The number of rotatable bonds is 5. The number of fused-ring (bicyclic) bond motifs is 6. The molecule has 3 spiro atoms. The highest BCUT2D eigenvalue weighted by Crippen LogP contribution is 2.65. The normalized spacial score (nSPS) is 48.7. The molecule has 0 aromatic heterocycles. The van der Waals surface area contributed by atoms with E-state index >= 15 is 0 Å². The molecule has 3 saturated carbocycles. The van der Waals surface area contributed by atoms with Gasteiger partial charge in [-0.15, -0.1) is 0 Å². The first-order valence-electron chi connectivity index (χ1n) is 24.9. The van der Waals surface area contributed by atoms with Crippen LogP contribution in [0.5, 0.6) is 0 Å². The molecule has 12 nitrogen and oxygen atoms in total. The maximum atomic E-state index is 14.7. The highest BCUT2D eigenvalue weighted by molar-refractivity contribution is 7.99. The van der Waals surface area contributed by atoms with Crippen molar-refractivity contribution in [3.63, 3.8) is 0 Å². The Morgan fingerprint density at radius 1 is 0.451 bits per heavy atom. The van der Waals surface area contributed by atoms with Gasteiger partial charge < -0.3 is 28.4 Å². The van der Waals surface area contributed by atoms with Gasteiger partial charge in [-0.2, -0.15) is 63.9 Å². The van der Waals surface area contributed by atoms with Gasteiger partial charge in [0.05, 0.1) is 0 Å². The summed E-state index contributed by atoms with van der Waals surface area (Å²) in [6.07, 6.45) is -11.2. The lowest BCUT2D eigenvalue weighted by molar-refractivity contribution is -0.557. The maximum absolute atomic E-state index is 14.7. The molecule has 0 N–H and O–H groups in total. The van der Waals surface area contributed by atoms with Crippen molar-refractivity contribution in [3.8, 4) is 0 Å². The lowest BCUT2D eigenvalue weighted by Gasteiger charge is -2.58. The lowest BCUT2D eigenvalue weighted by Crippen LogP contribution is -2.67. The molecule has 0 aromatic rings. The van der Waals surface area contributed by atoms with Gasteiger partial charge in [0, 0.05) is 72.0 Å². The summed E-state index contributed by atoms with van der Waals surface area (Å²) >= 11 is 5.14. The Morgan fingerprint density at radius 3 is 1.04 bits per heavy atom. The summed E-state index contributed by atoms with van der Waals surface area (Å²) in [4.78, 5) is 34.9. The molecule has 6 bridgehead atoms. The van der Waals surface area contributed by atoms with Crippen LogP contribution >= 0.6 is 24.4 Å². The molecule has 12 heterocycles. The zero-order valence-corrected chi connectivity index (χ0v) is 41.9. The van der Waals surface area contributed by atoms with Crippen LogP contribution in [0.25, 0.3) is 0 Å². The molecule has 23 heteroatoms. The number of hydrogen-bond donors (Lipinski definition) is 1. The fourth-order valence-electron chi connectivity index (χ4n) is 15.0. The van der Waals surface area contributed by atoms with Gasteiger partial charge in [0.2, 0.25) is 53.5 Å². The van der Waals surface area contributed by atoms with Crippen LogP contribution in [-0.2, 0) is 57.7 Å². The molecule has 400 valence electrons. The molecule has 0 aromatic carbocycles. The van der Waals surface area contributed by atoms with Crippen LogP contribution in [0.4, 0.5) is 39.5 Å². The first kappa shape index (κ1) is 51.4. The van der Waals surface area contributed by atoms with Crippen molar-refractivity contribution in [2.45, 2.75) is 190 Å². The maximum Gasteiger partial charge on any atom is 0.449 e. The summed E-state index contributed by atoms with van der Waals surface area (Å²) < 4.78 is 164. The summed E-state index contributed by atoms with van der Waals surface area (Å²) in [6, 6.07) is 0. The molecule has 71 heavy (non-hydrogen) atoms. The second-order valence-electron chi connectivity index (χ2n) is 22.6. The van der Waals surface area contributed by atoms with Gasteiger partial charge in [-0.25, -0.2) is 29.3 Å². The highest BCUT2D eigenvalue weighted by Gasteiger charge is 2.73. The third-order valence-electron chi connectivity index (χ3n) is 18.4. The van der Waals surface area contributed by atoms with Gasteiger partial charge in [-0.05, 0) is 113 Å². The molecule has 12 aliphatic heterocycles. The Balaban J connectivity index is 0.000000191.